The molecule has 3 heterocycles. The molecule has 0 amide bonds. The van der Waals surface area contributed by atoms with Crippen LogP contribution in [0.5, 0.6) is 11.5 Å². The van der Waals surface area contributed by atoms with Crippen molar-refractivity contribution in [1.82, 2.24) is 19.8 Å². The molecular formula is C34H50N6O2. The number of anilines is 1. The van der Waals surface area contributed by atoms with E-state index in [1.807, 2.05) is 18.2 Å². The largest absolute Gasteiger partial charge is 0.494 e. The summed E-state index contributed by atoms with van der Waals surface area (Å²) in [6, 6.07) is 18.7. The Kier molecular flexibility index (Phi) is 14.4. The highest BCUT2D eigenvalue weighted by atomic mass is 16.5. The average molecular weight is 575 g/mol. The first-order valence-corrected chi connectivity index (χ1v) is 15.9. The average Bonchev–Trinajstić information content (AvgIpc) is 3.03. The Labute approximate surface area is 252 Å². The number of likely N-dealkylation sites (tertiary alicyclic amines) is 2. The molecule has 2 fully saturated rings. The van der Waals surface area contributed by atoms with Gasteiger partial charge in [0.2, 0.25) is 5.95 Å². The molecule has 2 aromatic carbocycles. The summed E-state index contributed by atoms with van der Waals surface area (Å²) in [4.78, 5) is 13.3. The van der Waals surface area contributed by atoms with E-state index in [4.69, 9.17) is 15.2 Å². The fourth-order valence-corrected chi connectivity index (χ4v) is 5.34. The summed E-state index contributed by atoms with van der Waals surface area (Å²) in [5, 5.41) is 3.19. The third-order valence-corrected chi connectivity index (χ3v) is 7.56. The SMILES string of the molecule is NCCCOc1cccc(CN2CCCCC2)c1.c1cnc(NCCCOc2cccc(CN3CCCCC3)c2)nc1. The van der Waals surface area contributed by atoms with Gasteiger partial charge in [0.05, 0.1) is 13.2 Å². The van der Waals surface area contributed by atoms with Crippen molar-refractivity contribution in [3.63, 3.8) is 0 Å². The molecule has 0 saturated carbocycles. The van der Waals surface area contributed by atoms with Gasteiger partial charge in [0, 0.05) is 32.0 Å². The van der Waals surface area contributed by atoms with Crippen LogP contribution >= 0.6 is 0 Å². The second-order valence-electron chi connectivity index (χ2n) is 11.2. The molecule has 0 spiro atoms. The summed E-state index contributed by atoms with van der Waals surface area (Å²) in [5.74, 6) is 2.60. The van der Waals surface area contributed by atoms with Crippen LogP contribution in [0.25, 0.3) is 0 Å². The van der Waals surface area contributed by atoms with Gasteiger partial charge in [-0.1, -0.05) is 37.1 Å². The van der Waals surface area contributed by atoms with Gasteiger partial charge in [-0.3, -0.25) is 9.80 Å². The highest BCUT2D eigenvalue weighted by Crippen LogP contribution is 2.19. The Morgan fingerprint density at radius 3 is 1.71 bits per heavy atom. The first kappa shape index (κ1) is 31.7. The molecule has 0 atom stereocenters. The van der Waals surface area contributed by atoms with Crippen LogP contribution < -0.4 is 20.5 Å². The zero-order chi connectivity index (χ0) is 29.1. The standard InChI is InChI=1S/C19H26N4O.C15H24N2O/c1-2-12-23(13-3-1)16-17-7-4-8-18(15-17)24-14-6-11-22-19-20-9-5-10-21-19;16-8-5-11-18-15-7-4-6-14(12-15)13-17-9-2-1-3-10-17/h4-5,7-10,15H,1-3,6,11-14,16H2,(H,20,21,22);4,6-7,12H,1-3,5,8-11,13,16H2. The number of nitrogens with one attached hydrogen (secondary N) is 1. The Bertz CT molecular complexity index is 1120. The van der Waals surface area contributed by atoms with Crippen molar-refractivity contribution in [2.45, 2.75) is 64.5 Å². The number of nitrogens with two attached hydrogens (primary N) is 1. The van der Waals surface area contributed by atoms with E-state index >= 15 is 0 Å². The first-order valence-electron chi connectivity index (χ1n) is 15.9. The molecule has 1 aromatic heterocycles. The number of nitrogens with zero attached hydrogens (tertiary/aromatic N) is 4. The highest BCUT2D eigenvalue weighted by molar-refractivity contribution is 5.29. The lowest BCUT2D eigenvalue weighted by atomic mass is 10.1. The van der Waals surface area contributed by atoms with E-state index in [0.29, 0.717) is 25.7 Å². The molecule has 2 saturated heterocycles. The molecule has 0 radical (unpaired) electrons. The lowest BCUT2D eigenvalue weighted by Crippen LogP contribution is -2.29. The first-order chi connectivity index (χ1) is 20.8. The number of hydrogen-bond acceptors (Lipinski definition) is 8. The van der Waals surface area contributed by atoms with Crippen molar-refractivity contribution in [1.29, 1.82) is 0 Å². The zero-order valence-electron chi connectivity index (χ0n) is 25.3. The van der Waals surface area contributed by atoms with Gasteiger partial charge in [-0.2, -0.15) is 0 Å². The van der Waals surface area contributed by atoms with Crippen molar-refractivity contribution in [3.05, 3.63) is 78.1 Å². The summed E-state index contributed by atoms with van der Waals surface area (Å²) in [6.45, 7) is 9.88. The van der Waals surface area contributed by atoms with Crippen molar-refractivity contribution >= 4 is 5.95 Å². The van der Waals surface area contributed by atoms with Crippen LogP contribution in [0, 0.1) is 0 Å². The lowest BCUT2D eigenvalue weighted by molar-refractivity contribution is 0.220. The molecule has 3 aromatic rings. The number of piperidine rings is 2. The second-order valence-corrected chi connectivity index (χ2v) is 11.2. The second kappa shape index (κ2) is 19.1. The number of hydrogen-bond donors (Lipinski definition) is 2. The van der Waals surface area contributed by atoms with Gasteiger partial charge in [0.1, 0.15) is 11.5 Å². The molecule has 0 unspecified atom stereocenters. The molecule has 42 heavy (non-hydrogen) atoms. The van der Waals surface area contributed by atoms with Crippen LogP contribution in [0.1, 0.15) is 62.5 Å². The maximum absolute atomic E-state index is 5.87. The van der Waals surface area contributed by atoms with Crippen molar-refractivity contribution < 1.29 is 9.47 Å². The fourth-order valence-electron chi connectivity index (χ4n) is 5.34. The number of aromatic nitrogens is 2. The third-order valence-electron chi connectivity index (χ3n) is 7.56. The number of rotatable bonds is 14. The maximum atomic E-state index is 5.87. The molecule has 0 aliphatic carbocycles. The molecule has 5 rings (SSSR count). The van der Waals surface area contributed by atoms with Crippen LogP contribution in [0.3, 0.4) is 0 Å². The Morgan fingerprint density at radius 2 is 1.19 bits per heavy atom. The van der Waals surface area contributed by atoms with E-state index < -0.39 is 0 Å². The van der Waals surface area contributed by atoms with E-state index in [2.05, 4.69) is 61.5 Å². The predicted molar refractivity (Wildman–Crippen MR) is 171 cm³/mol. The maximum Gasteiger partial charge on any atom is 0.222 e. The van der Waals surface area contributed by atoms with Gasteiger partial charge in [0.15, 0.2) is 0 Å². The highest BCUT2D eigenvalue weighted by Gasteiger charge is 2.11. The molecule has 2 aliphatic heterocycles. The summed E-state index contributed by atoms with van der Waals surface area (Å²) in [7, 11) is 0. The van der Waals surface area contributed by atoms with Gasteiger partial charge in [-0.15, -0.1) is 0 Å². The van der Waals surface area contributed by atoms with Crippen LogP contribution in [0.15, 0.2) is 67.0 Å². The summed E-state index contributed by atoms with van der Waals surface area (Å²) in [5.41, 5.74) is 8.15. The van der Waals surface area contributed by atoms with Crippen LogP contribution in [-0.4, -0.2) is 72.3 Å². The Morgan fingerprint density at radius 1 is 0.667 bits per heavy atom. The smallest absolute Gasteiger partial charge is 0.222 e. The molecule has 8 heteroatoms. The minimum atomic E-state index is 0.668. The zero-order valence-corrected chi connectivity index (χ0v) is 25.3. The Balaban J connectivity index is 0.000000201. The van der Waals surface area contributed by atoms with Gasteiger partial charge in [-0.05, 0) is 113 Å². The minimum absolute atomic E-state index is 0.668. The summed E-state index contributed by atoms with van der Waals surface area (Å²) >= 11 is 0. The topological polar surface area (TPSA) is 88.8 Å². The predicted octanol–water partition coefficient (Wildman–Crippen LogP) is 5.74. The van der Waals surface area contributed by atoms with Crippen molar-refractivity contribution in [2.75, 3.05) is 57.8 Å². The molecule has 2 aliphatic rings. The van der Waals surface area contributed by atoms with Crippen molar-refractivity contribution in [3.8, 4) is 11.5 Å². The van der Waals surface area contributed by atoms with Gasteiger partial charge < -0.3 is 20.5 Å². The van der Waals surface area contributed by atoms with E-state index in [1.54, 1.807) is 12.4 Å². The van der Waals surface area contributed by atoms with Gasteiger partial charge >= 0.3 is 0 Å². The molecular weight excluding hydrogens is 524 g/mol. The molecule has 3 N–H and O–H groups in total. The lowest BCUT2D eigenvalue weighted by Gasteiger charge is -2.26. The summed E-state index contributed by atoms with van der Waals surface area (Å²) < 4.78 is 11.6. The van der Waals surface area contributed by atoms with Gasteiger partial charge in [-0.25, -0.2) is 9.97 Å². The van der Waals surface area contributed by atoms with Crippen molar-refractivity contribution in [2.24, 2.45) is 5.73 Å². The quantitative estimate of drug-likeness (QED) is 0.236. The normalized spacial score (nSPS) is 15.8. The van der Waals surface area contributed by atoms with E-state index in [0.717, 1.165) is 44.0 Å². The van der Waals surface area contributed by atoms with Gasteiger partial charge in [0.25, 0.3) is 0 Å². The van der Waals surface area contributed by atoms with Crippen LogP contribution in [0.4, 0.5) is 5.95 Å². The Hall–Kier alpha value is -3.20. The molecule has 228 valence electrons. The third kappa shape index (κ3) is 12.3. The van der Waals surface area contributed by atoms with Crippen LogP contribution in [0.2, 0.25) is 0 Å². The summed E-state index contributed by atoms with van der Waals surface area (Å²) in [6.07, 6.45) is 13.4. The van der Waals surface area contributed by atoms with Crippen LogP contribution in [-0.2, 0) is 13.1 Å². The molecule has 8 nitrogen and oxygen atoms in total. The van der Waals surface area contributed by atoms with E-state index in [1.165, 1.54) is 75.8 Å². The van der Waals surface area contributed by atoms with E-state index in [-0.39, 0.29) is 0 Å². The minimum Gasteiger partial charge on any atom is -0.494 e. The monoisotopic (exact) mass is 574 g/mol. The van der Waals surface area contributed by atoms with E-state index in [9.17, 15) is 0 Å². The number of benzene rings is 2. The fraction of sp³-hybridized carbons (Fsp3) is 0.529. The molecule has 0 bridgehead atoms. The number of ether oxygens (including phenoxy) is 2.